The number of H-pyrrole nitrogens is 1. The first-order chi connectivity index (χ1) is 16.4. The van der Waals surface area contributed by atoms with E-state index in [2.05, 4.69) is 15.3 Å². The van der Waals surface area contributed by atoms with Gasteiger partial charge in [0.25, 0.3) is 11.5 Å². The number of halogens is 2. The summed E-state index contributed by atoms with van der Waals surface area (Å²) in [7, 11) is 2.99. The fraction of sp³-hybridized carbons (Fsp3) is 0.0800. The van der Waals surface area contributed by atoms with Crippen molar-refractivity contribution in [3.8, 4) is 11.5 Å². The number of carbonyl (C=O) groups is 1. The van der Waals surface area contributed by atoms with E-state index < -0.39 is 0 Å². The molecule has 1 amide bonds. The average molecular weight is 496 g/mol. The summed E-state index contributed by atoms with van der Waals surface area (Å²) in [6, 6.07) is 16.9. The van der Waals surface area contributed by atoms with Crippen molar-refractivity contribution in [2.45, 2.75) is 0 Å². The average Bonchev–Trinajstić information content (AvgIpc) is 2.83. The molecule has 0 unspecified atom stereocenters. The zero-order valence-corrected chi connectivity index (χ0v) is 19.7. The molecule has 4 aromatic rings. The molecule has 0 aliphatic rings. The van der Waals surface area contributed by atoms with E-state index >= 15 is 0 Å². The number of hydrogen-bond donors (Lipinski definition) is 2. The number of nitrogens with one attached hydrogen (secondary N) is 2. The first-order valence-corrected chi connectivity index (χ1v) is 10.8. The van der Waals surface area contributed by atoms with Crippen molar-refractivity contribution >= 4 is 56.8 Å². The minimum atomic E-state index is -0.364. The Kier molecular flexibility index (Phi) is 6.86. The molecule has 0 atom stereocenters. The monoisotopic (exact) mass is 495 g/mol. The quantitative estimate of drug-likeness (QED) is 0.364. The molecule has 7 nitrogen and oxygen atoms in total. The molecule has 0 saturated carbocycles. The van der Waals surface area contributed by atoms with Crippen LogP contribution in [0, 0.1) is 0 Å². The maximum atomic E-state index is 12.6. The predicted octanol–water partition coefficient (Wildman–Crippen LogP) is 5.58. The molecule has 34 heavy (non-hydrogen) atoms. The van der Waals surface area contributed by atoms with Crippen molar-refractivity contribution in [3.05, 3.63) is 93.0 Å². The van der Waals surface area contributed by atoms with Crippen molar-refractivity contribution in [1.29, 1.82) is 0 Å². The SMILES string of the molecule is COc1cc2nc(/C(Cl)=C/c3cccc(NC(=O)c4ccc(Cl)cc4)c3)[nH]c(=O)c2cc1OC. The number of methoxy groups -OCH3 is 2. The highest BCUT2D eigenvalue weighted by Crippen LogP contribution is 2.31. The lowest BCUT2D eigenvalue weighted by Crippen LogP contribution is -2.11. The number of anilines is 1. The van der Waals surface area contributed by atoms with Crippen LogP contribution in [0.1, 0.15) is 21.7 Å². The molecule has 0 aliphatic heterocycles. The number of nitrogens with zero attached hydrogens (tertiary/aromatic N) is 1. The summed E-state index contributed by atoms with van der Waals surface area (Å²) >= 11 is 12.4. The van der Waals surface area contributed by atoms with Gasteiger partial charge >= 0.3 is 0 Å². The van der Waals surface area contributed by atoms with Crippen LogP contribution >= 0.6 is 23.2 Å². The fourth-order valence-electron chi connectivity index (χ4n) is 3.30. The number of rotatable bonds is 6. The Labute approximate surface area is 205 Å². The van der Waals surface area contributed by atoms with Gasteiger partial charge in [-0.15, -0.1) is 0 Å². The number of aromatic nitrogens is 2. The summed E-state index contributed by atoms with van der Waals surface area (Å²) in [5, 5.41) is 3.95. The molecule has 1 aromatic heterocycles. The second-order valence-electron chi connectivity index (χ2n) is 7.22. The van der Waals surface area contributed by atoms with E-state index in [4.69, 9.17) is 32.7 Å². The van der Waals surface area contributed by atoms with Crippen LogP contribution in [0.2, 0.25) is 5.02 Å². The third-order valence-corrected chi connectivity index (χ3v) is 5.52. The summed E-state index contributed by atoms with van der Waals surface area (Å²) in [5.74, 6) is 0.799. The molecule has 2 N–H and O–H groups in total. The van der Waals surface area contributed by atoms with Gasteiger partial charge in [-0.25, -0.2) is 4.98 Å². The molecule has 0 aliphatic carbocycles. The Morgan fingerprint density at radius 3 is 2.44 bits per heavy atom. The van der Waals surface area contributed by atoms with E-state index in [1.165, 1.54) is 14.2 Å². The Morgan fingerprint density at radius 1 is 1.03 bits per heavy atom. The molecule has 1 heterocycles. The second-order valence-corrected chi connectivity index (χ2v) is 8.06. The van der Waals surface area contributed by atoms with Crippen molar-refractivity contribution in [3.63, 3.8) is 0 Å². The number of ether oxygens (including phenoxy) is 2. The molecule has 4 rings (SSSR count). The molecule has 0 bridgehead atoms. The van der Waals surface area contributed by atoms with Crippen molar-refractivity contribution < 1.29 is 14.3 Å². The normalized spacial score (nSPS) is 11.4. The summed E-state index contributed by atoms with van der Waals surface area (Å²) in [4.78, 5) is 32.2. The Hall–Kier alpha value is -3.81. The minimum absolute atomic E-state index is 0.196. The Morgan fingerprint density at radius 2 is 1.74 bits per heavy atom. The molecule has 0 radical (unpaired) electrons. The van der Waals surface area contributed by atoms with E-state index in [0.29, 0.717) is 44.2 Å². The maximum Gasteiger partial charge on any atom is 0.259 e. The topological polar surface area (TPSA) is 93.3 Å². The van der Waals surface area contributed by atoms with E-state index in [0.717, 1.165) is 0 Å². The Bertz CT molecular complexity index is 1460. The highest BCUT2D eigenvalue weighted by atomic mass is 35.5. The lowest BCUT2D eigenvalue weighted by molar-refractivity contribution is 0.102. The lowest BCUT2D eigenvalue weighted by atomic mass is 10.1. The molecular formula is C25H19Cl2N3O4. The molecule has 0 saturated heterocycles. The Balaban J connectivity index is 1.62. The van der Waals surface area contributed by atoms with Gasteiger partial charge in [-0.05, 0) is 54.1 Å². The van der Waals surface area contributed by atoms with Crippen LogP contribution in [0.3, 0.4) is 0 Å². The number of aromatic amines is 1. The molecule has 3 aromatic carbocycles. The number of amides is 1. The lowest BCUT2D eigenvalue weighted by Gasteiger charge is -2.09. The van der Waals surface area contributed by atoms with Gasteiger partial charge in [-0.2, -0.15) is 0 Å². The highest BCUT2D eigenvalue weighted by Gasteiger charge is 2.13. The zero-order chi connectivity index (χ0) is 24.2. The first-order valence-electron chi connectivity index (χ1n) is 10.1. The minimum Gasteiger partial charge on any atom is -0.493 e. The van der Waals surface area contributed by atoms with Gasteiger partial charge in [-0.3, -0.25) is 9.59 Å². The third kappa shape index (κ3) is 5.06. The number of hydrogen-bond acceptors (Lipinski definition) is 5. The fourth-order valence-corrected chi connectivity index (χ4v) is 3.65. The van der Waals surface area contributed by atoms with Gasteiger partial charge in [-0.1, -0.05) is 35.3 Å². The zero-order valence-electron chi connectivity index (χ0n) is 18.2. The van der Waals surface area contributed by atoms with E-state index in [9.17, 15) is 9.59 Å². The van der Waals surface area contributed by atoms with Crippen LogP contribution in [-0.4, -0.2) is 30.1 Å². The number of fused-ring (bicyclic) bond motifs is 1. The van der Waals surface area contributed by atoms with E-state index in [1.807, 2.05) is 6.07 Å². The van der Waals surface area contributed by atoms with Gasteiger partial charge in [0.15, 0.2) is 17.3 Å². The number of benzene rings is 3. The van der Waals surface area contributed by atoms with E-state index in [-0.39, 0.29) is 22.3 Å². The van der Waals surface area contributed by atoms with Crippen molar-refractivity contribution in [1.82, 2.24) is 9.97 Å². The van der Waals surface area contributed by atoms with E-state index in [1.54, 1.807) is 60.7 Å². The van der Waals surface area contributed by atoms with Crippen molar-refractivity contribution in [2.75, 3.05) is 19.5 Å². The van der Waals surface area contributed by atoms with Gasteiger partial charge in [0.05, 0.1) is 30.2 Å². The van der Waals surface area contributed by atoms with Gasteiger partial charge < -0.3 is 19.8 Å². The predicted molar refractivity (Wildman–Crippen MR) is 135 cm³/mol. The van der Waals surface area contributed by atoms with Gasteiger partial charge in [0.1, 0.15) is 0 Å². The third-order valence-electron chi connectivity index (χ3n) is 4.98. The van der Waals surface area contributed by atoms with Crippen LogP contribution in [0.25, 0.3) is 22.0 Å². The molecular weight excluding hydrogens is 477 g/mol. The van der Waals surface area contributed by atoms with Crippen LogP contribution in [0.5, 0.6) is 11.5 Å². The summed E-state index contributed by atoms with van der Waals surface area (Å²) < 4.78 is 10.5. The van der Waals surface area contributed by atoms with Crippen LogP contribution in [-0.2, 0) is 0 Å². The summed E-state index contributed by atoms with van der Waals surface area (Å²) in [5.41, 5.74) is 1.81. The van der Waals surface area contributed by atoms with Gasteiger partial charge in [0, 0.05) is 22.3 Å². The molecule has 0 fully saturated rings. The number of carbonyl (C=O) groups excluding carboxylic acids is 1. The van der Waals surface area contributed by atoms with Crippen LogP contribution in [0.4, 0.5) is 5.69 Å². The summed E-state index contributed by atoms with van der Waals surface area (Å²) in [6.45, 7) is 0. The smallest absolute Gasteiger partial charge is 0.259 e. The van der Waals surface area contributed by atoms with Crippen LogP contribution in [0.15, 0.2) is 65.5 Å². The first kappa shape index (κ1) is 23.4. The molecule has 9 heteroatoms. The molecule has 0 spiro atoms. The second kappa shape index (κ2) is 9.99. The summed E-state index contributed by atoms with van der Waals surface area (Å²) in [6.07, 6.45) is 1.64. The van der Waals surface area contributed by atoms with Crippen LogP contribution < -0.4 is 20.3 Å². The standard InChI is InChI=1S/C25H19Cl2N3O4/c1-33-21-12-18-20(13-22(21)34-2)29-23(30-25(18)32)19(27)11-14-4-3-5-17(10-14)28-24(31)15-6-8-16(26)9-7-15/h3-13H,1-2H3,(H,28,31)(H,29,30,32)/b19-11-. The largest absolute Gasteiger partial charge is 0.493 e. The van der Waals surface area contributed by atoms with Gasteiger partial charge in [0.2, 0.25) is 0 Å². The highest BCUT2D eigenvalue weighted by molar-refractivity contribution is 6.50. The maximum absolute atomic E-state index is 12.6. The molecule has 172 valence electrons. The van der Waals surface area contributed by atoms with Crippen molar-refractivity contribution in [2.24, 2.45) is 0 Å².